The highest BCUT2D eigenvalue weighted by Crippen LogP contribution is 2.57. The van der Waals surface area contributed by atoms with E-state index in [0.717, 1.165) is 5.75 Å². The molecule has 1 aromatic heterocycles. The number of esters is 1. The van der Waals surface area contributed by atoms with Crippen LogP contribution in [0.25, 0.3) is 0 Å². The fourth-order valence-electron chi connectivity index (χ4n) is 4.33. The minimum Gasteiger partial charge on any atom is -0.463 e. The molecule has 1 aromatic carbocycles. The van der Waals surface area contributed by atoms with Gasteiger partial charge in [-0.2, -0.15) is 0 Å². The maximum atomic E-state index is 13.8. The quantitative estimate of drug-likeness (QED) is 0.332. The molecular formula is C24H31N2O9PS. The van der Waals surface area contributed by atoms with Crippen molar-refractivity contribution >= 4 is 25.3 Å². The Morgan fingerprint density at radius 1 is 1.27 bits per heavy atom. The Hall–Kier alpha value is -2.37. The minimum atomic E-state index is -3.93. The second-order valence-electron chi connectivity index (χ2n) is 9.42. The first-order chi connectivity index (χ1) is 17.5. The van der Waals surface area contributed by atoms with Crippen LogP contribution in [0.15, 0.2) is 52.2 Å². The van der Waals surface area contributed by atoms with Crippen molar-refractivity contribution in [2.75, 3.05) is 18.5 Å². The number of hydrogen-bond acceptors (Lipinski definition) is 10. The average molecular weight is 555 g/mol. The summed E-state index contributed by atoms with van der Waals surface area (Å²) in [5, 5.41) is 11.2. The van der Waals surface area contributed by atoms with Crippen molar-refractivity contribution in [2.24, 2.45) is 5.92 Å². The lowest BCUT2D eigenvalue weighted by molar-refractivity contribution is -0.151. The van der Waals surface area contributed by atoms with E-state index in [1.807, 2.05) is 0 Å². The molecule has 2 saturated heterocycles. The van der Waals surface area contributed by atoms with Crippen LogP contribution in [-0.2, 0) is 23.4 Å². The maximum absolute atomic E-state index is 13.8. The van der Waals surface area contributed by atoms with Crippen molar-refractivity contribution in [2.45, 2.75) is 56.5 Å². The molecule has 0 saturated carbocycles. The Morgan fingerprint density at radius 2 is 1.97 bits per heavy atom. The number of H-pyrrole nitrogens is 1. The van der Waals surface area contributed by atoms with Crippen molar-refractivity contribution in [3.63, 3.8) is 0 Å². The molecule has 0 bridgehead atoms. The van der Waals surface area contributed by atoms with Gasteiger partial charge in [-0.15, -0.1) is 11.8 Å². The monoisotopic (exact) mass is 554 g/mol. The van der Waals surface area contributed by atoms with Crippen molar-refractivity contribution in [3.05, 3.63) is 63.4 Å². The van der Waals surface area contributed by atoms with Gasteiger partial charge in [-0.25, -0.2) is 9.36 Å². The first kappa shape index (κ1) is 27.7. The number of nitrogens with zero attached hydrogens (tertiary/aromatic N) is 1. The van der Waals surface area contributed by atoms with E-state index in [0.29, 0.717) is 12.2 Å². The van der Waals surface area contributed by atoms with Gasteiger partial charge < -0.3 is 19.1 Å². The first-order valence-corrected chi connectivity index (χ1v) is 14.7. The molecule has 3 heterocycles. The highest BCUT2D eigenvalue weighted by atomic mass is 32.2. The summed E-state index contributed by atoms with van der Waals surface area (Å²) in [4.78, 5) is 38.6. The summed E-state index contributed by atoms with van der Waals surface area (Å²) < 4.78 is 37.1. The van der Waals surface area contributed by atoms with Gasteiger partial charge in [0.15, 0.2) is 6.23 Å². The molecule has 13 heteroatoms. The second-order valence-corrected chi connectivity index (χ2v) is 12.9. The van der Waals surface area contributed by atoms with Gasteiger partial charge in [0.2, 0.25) is 0 Å². The summed E-state index contributed by atoms with van der Waals surface area (Å²) in [6.07, 6.45) is -1.55. The Bertz CT molecular complexity index is 1260. The lowest BCUT2D eigenvalue weighted by Gasteiger charge is -2.43. The van der Waals surface area contributed by atoms with Gasteiger partial charge in [0.05, 0.1) is 29.5 Å². The molecule has 0 aliphatic carbocycles. The van der Waals surface area contributed by atoms with E-state index in [1.165, 1.54) is 28.6 Å². The topological polar surface area (TPSA) is 146 Å². The van der Waals surface area contributed by atoms with Crippen molar-refractivity contribution < 1.29 is 33.0 Å². The highest BCUT2D eigenvalue weighted by Gasteiger charge is 2.61. The van der Waals surface area contributed by atoms with E-state index in [9.17, 15) is 24.1 Å². The van der Waals surface area contributed by atoms with Gasteiger partial charge in [-0.1, -0.05) is 25.1 Å². The van der Waals surface area contributed by atoms with Gasteiger partial charge in [-0.3, -0.25) is 23.7 Å². The van der Waals surface area contributed by atoms with E-state index < -0.39 is 53.9 Å². The van der Waals surface area contributed by atoms with Crippen LogP contribution in [0.4, 0.5) is 0 Å². The summed E-state index contributed by atoms with van der Waals surface area (Å²) in [6, 6.07) is 9.64. The van der Waals surface area contributed by atoms with Crippen LogP contribution >= 0.6 is 19.4 Å². The van der Waals surface area contributed by atoms with E-state index in [1.54, 1.807) is 51.1 Å². The predicted molar refractivity (Wildman–Crippen MR) is 137 cm³/mol. The van der Waals surface area contributed by atoms with Crippen LogP contribution in [0.1, 0.15) is 33.4 Å². The maximum Gasteiger partial charge on any atom is 0.380 e. The fourth-order valence-corrected chi connectivity index (χ4v) is 7.51. The fraction of sp³-hybridized carbons (Fsp3) is 0.542. The van der Waals surface area contributed by atoms with Crippen molar-refractivity contribution in [1.29, 1.82) is 0 Å². The summed E-state index contributed by atoms with van der Waals surface area (Å²) in [7, 11) is -3.93. The molecule has 0 radical (unpaired) electrons. The summed E-state index contributed by atoms with van der Waals surface area (Å²) in [6.45, 7) is 4.71. The number of benzene rings is 1. The lowest BCUT2D eigenvalue weighted by atomic mass is 9.94. The summed E-state index contributed by atoms with van der Waals surface area (Å²) in [5.74, 6) is -0.262. The Morgan fingerprint density at radius 3 is 2.57 bits per heavy atom. The number of hydrogen-bond donors (Lipinski definition) is 2. The molecule has 1 spiro atoms. The molecule has 11 nitrogen and oxygen atoms in total. The van der Waals surface area contributed by atoms with Crippen LogP contribution in [0.3, 0.4) is 0 Å². The molecule has 37 heavy (non-hydrogen) atoms. The Kier molecular flexibility index (Phi) is 8.35. The number of aliphatic hydroxyl groups is 1. The van der Waals surface area contributed by atoms with E-state index >= 15 is 0 Å². The molecule has 2 aromatic rings. The van der Waals surface area contributed by atoms with E-state index in [4.69, 9.17) is 18.5 Å². The average Bonchev–Trinajstić information content (AvgIpc) is 3.10. The second kappa shape index (κ2) is 11.2. The normalized spacial score (nSPS) is 27.4. The zero-order valence-electron chi connectivity index (χ0n) is 20.8. The molecule has 202 valence electrons. The van der Waals surface area contributed by atoms with Gasteiger partial charge in [0, 0.05) is 12.3 Å². The third kappa shape index (κ3) is 6.04. The molecule has 1 unspecified atom stereocenters. The van der Waals surface area contributed by atoms with Crippen LogP contribution in [-0.4, -0.2) is 62.2 Å². The number of aromatic amines is 1. The predicted octanol–water partition coefficient (Wildman–Crippen LogP) is 2.55. The number of carbonyl (C=O) groups excluding carboxylic acids is 1. The lowest BCUT2D eigenvalue weighted by Crippen LogP contribution is -2.52. The van der Waals surface area contributed by atoms with Crippen LogP contribution < -0.4 is 15.8 Å². The number of aliphatic hydroxyl groups excluding tert-OH is 1. The van der Waals surface area contributed by atoms with Crippen LogP contribution in [0, 0.1) is 5.92 Å². The number of carbonyl (C=O) groups is 1. The number of nitrogens with one attached hydrogen (secondary N) is 1. The molecule has 2 aliphatic heterocycles. The number of ether oxygens (including phenoxy) is 2. The smallest absolute Gasteiger partial charge is 0.380 e. The standard InChI is InChI=1S/C24H31N2O9PS/c1-15(2)33-21(29)16(3)14-36(31,35-17-7-5-4-6-8-17)32-13-18-20(28)24(10-12-37-24)22(34-18)26-11-9-19(27)25-23(26)30/h4-9,11,15-16,18,20,22,28H,10,12-14H2,1-3H3,(H,25,27,30)/t16-,18-,20-,22-,24-,36?/m1/s1. The Balaban J connectivity index is 1.53. The number of thioether (sulfide) groups is 1. The van der Waals surface area contributed by atoms with Crippen LogP contribution in [0.2, 0.25) is 0 Å². The summed E-state index contributed by atoms with van der Waals surface area (Å²) in [5.41, 5.74) is -1.20. The molecular weight excluding hydrogens is 523 g/mol. The number of rotatable bonds is 10. The SMILES string of the molecule is CC(C)OC(=O)[C@H](C)CP(=O)(OC[C@H]1O[C@@H](n2ccc(=O)[nH]c2=O)[C@@]2(CCS2)[C@@H]1O)Oc1ccccc1. The van der Waals surface area contributed by atoms with Crippen molar-refractivity contribution in [1.82, 2.24) is 9.55 Å². The highest BCUT2D eigenvalue weighted by molar-refractivity contribution is 8.02. The van der Waals surface area contributed by atoms with Gasteiger partial charge >= 0.3 is 19.3 Å². The zero-order valence-corrected chi connectivity index (χ0v) is 22.5. The van der Waals surface area contributed by atoms with E-state index in [2.05, 4.69) is 4.98 Å². The zero-order chi connectivity index (χ0) is 26.8. The molecule has 6 atom stereocenters. The largest absolute Gasteiger partial charge is 0.463 e. The van der Waals surface area contributed by atoms with Crippen LogP contribution in [0.5, 0.6) is 5.75 Å². The van der Waals surface area contributed by atoms with Gasteiger partial charge in [0.1, 0.15) is 18.0 Å². The molecule has 2 N–H and O–H groups in total. The Labute approximate surface area is 218 Å². The van der Waals surface area contributed by atoms with Gasteiger partial charge in [-0.05, 0) is 38.2 Å². The minimum absolute atomic E-state index is 0.251. The van der Waals surface area contributed by atoms with Gasteiger partial charge in [0.25, 0.3) is 5.56 Å². The molecule has 2 aliphatic rings. The third-order valence-corrected chi connectivity index (χ3v) is 9.84. The van der Waals surface area contributed by atoms with Crippen molar-refractivity contribution in [3.8, 4) is 5.75 Å². The first-order valence-electron chi connectivity index (χ1n) is 12.0. The van der Waals surface area contributed by atoms with E-state index in [-0.39, 0.29) is 18.9 Å². The summed E-state index contributed by atoms with van der Waals surface area (Å²) >= 11 is 1.46. The number of para-hydroxylation sites is 1. The molecule has 4 rings (SSSR count). The molecule has 0 amide bonds. The third-order valence-electron chi connectivity index (χ3n) is 6.22. The number of aromatic nitrogens is 2. The molecule has 2 fully saturated rings.